The van der Waals surface area contributed by atoms with Gasteiger partial charge in [-0.25, -0.2) is 0 Å². The van der Waals surface area contributed by atoms with Gasteiger partial charge in [-0.1, -0.05) is 74.4 Å². The van der Waals surface area contributed by atoms with E-state index in [2.05, 4.69) is 19.7 Å². The van der Waals surface area contributed by atoms with Gasteiger partial charge in [0.05, 0.1) is 17.9 Å². The van der Waals surface area contributed by atoms with Crippen molar-refractivity contribution >= 4 is 44.1 Å². The third kappa shape index (κ3) is 12.9. The first-order valence-electron chi connectivity index (χ1n) is 11.4. The van der Waals surface area contributed by atoms with Gasteiger partial charge in [-0.15, -0.1) is 0 Å². The molecule has 40 heavy (non-hydrogen) atoms. The number of rotatable bonds is 12. The Balaban J connectivity index is 0.000000563. The maximum Gasteiger partial charge on any atom is 3.00 e. The maximum absolute atomic E-state index is 10.6. The van der Waals surface area contributed by atoms with Gasteiger partial charge in [-0.3, -0.25) is 0 Å². The number of aromatic carboxylic acids is 3. The molecule has 3 aromatic carbocycles. The van der Waals surface area contributed by atoms with Crippen LogP contribution in [0.25, 0.3) is 0 Å². The normalized spacial score (nSPS) is 9.00. The van der Waals surface area contributed by atoms with Gasteiger partial charge in [-0.2, -0.15) is 0 Å². The quantitative estimate of drug-likeness (QED) is 0.199. The zero-order valence-corrected chi connectivity index (χ0v) is 25.0. The Labute approximate surface area is 251 Å². The number of para-hydroxylation sites is 3. The van der Waals surface area contributed by atoms with Crippen LogP contribution >= 0.6 is 0 Å². The number of benzene rings is 3. The number of carbonyl (C=O) groups is 3. The first kappa shape index (κ1) is 35.6. The molecule has 206 valence electrons. The molecule has 10 heteroatoms. The van der Waals surface area contributed by atoms with Crippen LogP contribution in [0, 0.1) is 0 Å². The van der Waals surface area contributed by atoms with Crippen LogP contribution in [0.5, 0.6) is 17.2 Å². The summed E-state index contributed by atoms with van der Waals surface area (Å²) in [6.07, 6.45) is 4.64. The third-order valence-corrected chi connectivity index (χ3v) is 4.39. The molecule has 9 nitrogen and oxygen atoms in total. The van der Waals surface area contributed by atoms with E-state index in [1.54, 1.807) is 72.8 Å². The van der Waals surface area contributed by atoms with Gasteiger partial charge in [0.1, 0.15) is 37.1 Å². The van der Waals surface area contributed by atoms with Gasteiger partial charge in [0.2, 0.25) is 0 Å². The minimum absolute atomic E-state index is 0. The summed E-state index contributed by atoms with van der Waals surface area (Å²) in [4.78, 5) is 31.7. The number of carboxylic acid groups (broad SMARTS) is 3. The molecule has 3 aromatic rings. The Morgan fingerprint density at radius 2 is 0.750 bits per heavy atom. The zero-order chi connectivity index (χ0) is 29.0. The Bertz CT molecular complexity index is 1120. The molecule has 0 atom stereocenters. The van der Waals surface area contributed by atoms with Crippen LogP contribution in [-0.2, 0) is 0 Å². The van der Waals surface area contributed by atoms with Crippen molar-refractivity contribution in [3.8, 4) is 17.2 Å². The molecule has 0 fully saturated rings. The minimum atomic E-state index is -1.24. The van der Waals surface area contributed by atoms with Crippen molar-refractivity contribution in [1.82, 2.24) is 0 Å². The van der Waals surface area contributed by atoms with Crippen molar-refractivity contribution in [1.29, 1.82) is 0 Å². The average molecular weight is 741 g/mol. The molecule has 0 aliphatic rings. The van der Waals surface area contributed by atoms with Crippen LogP contribution < -0.4 is 29.5 Å². The van der Waals surface area contributed by atoms with E-state index in [9.17, 15) is 29.7 Å². The third-order valence-electron chi connectivity index (χ3n) is 4.39. The van der Waals surface area contributed by atoms with Crippen molar-refractivity contribution in [3.05, 3.63) is 127 Å². The summed E-state index contributed by atoms with van der Waals surface area (Å²) < 4.78 is 15.3. The van der Waals surface area contributed by atoms with Gasteiger partial charge in [0, 0.05) is 16.7 Å². The van der Waals surface area contributed by atoms with E-state index in [1.165, 1.54) is 18.2 Å². The minimum Gasteiger partial charge on any atom is -0.545 e. The van der Waals surface area contributed by atoms with Crippen molar-refractivity contribution in [2.45, 2.75) is 0 Å². The monoisotopic (exact) mass is 740 g/mol. The first-order valence-corrected chi connectivity index (χ1v) is 11.4. The fourth-order valence-electron chi connectivity index (χ4n) is 2.73. The van der Waals surface area contributed by atoms with Gasteiger partial charge in [0.25, 0.3) is 0 Å². The summed E-state index contributed by atoms with van der Waals surface area (Å²) in [6.45, 7) is 11.2. The molecular formula is C30H27BiO9. The summed E-state index contributed by atoms with van der Waals surface area (Å²) in [7, 11) is 0. The second-order valence-electron chi connectivity index (χ2n) is 7.15. The summed E-state index contributed by atoms with van der Waals surface area (Å²) >= 11 is 0. The van der Waals surface area contributed by atoms with E-state index in [1.807, 2.05) is 0 Å². The molecule has 2 radical (unpaired) electrons. The van der Waals surface area contributed by atoms with Gasteiger partial charge < -0.3 is 43.9 Å². The molecule has 0 amide bonds. The largest absolute Gasteiger partial charge is 3.00 e. The van der Waals surface area contributed by atoms with Crippen molar-refractivity contribution in [2.24, 2.45) is 0 Å². The summed E-state index contributed by atoms with van der Waals surface area (Å²) in [5.41, 5.74) is 0.179. The van der Waals surface area contributed by atoms with Crippen LogP contribution in [0.2, 0.25) is 0 Å². The summed E-state index contributed by atoms with van der Waals surface area (Å²) in [5, 5.41) is 31.7. The molecule has 3 rings (SSSR count). The average Bonchev–Trinajstić information content (AvgIpc) is 2.94. The Kier molecular flexibility index (Phi) is 18.3. The van der Waals surface area contributed by atoms with E-state index in [0.717, 1.165) is 0 Å². The maximum atomic E-state index is 10.6. The molecule has 0 aliphatic carbocycles. The van der Waals surface area contributed by atoms with E-state index < -0.39 is 17.9 Å². The Morgan fingerprint density at radius 3 is 0.950 bits per heavy atom. The van der Waals surface area contributed by atoms with Crippen LogP contribution in [0.4, 0.5) is 0 Å². The number of hydrogen-bond acceptors (Lipinski definition) is 9. The molecule has 0 N–H and O–H groups in total. The van der Waals surface area contributed by atoms with Gasteiger partial charge in [0.15, 0.2) is 0 Å². The smallest absolute Gasteiger partial charge is 0.545 e. The second kappa shape index (κ2) is 20.5. The Morgan fingerprint density at radius 1 is 0.525 bits per heavy atom. The summed E-state index contributed by atoms with van der Waals surface area (Å²) in [6, 6.07) is 19.0. The fraction of sp³-hybridized carbons (Fsp3) is 0.100. The zero-order valence-electron chi connectivity index (χ0n) is 21.5. The summed E-state index contributed by atoms with van der Waals surface area (Å²) in [5.74, 6) is -2.79. The SMILES string of the molecule is C=CCOc1ccccc1C(=O)[O-].C=CCOc1ccccc1C(=O)[O-].C=CCOc1ccccc1C(=O)[O-].[Bi+3]. The van der Waals surface area contributed by atoms with Crippen LogP contribution in [0.15, 0.2) is 111 Å². The van der Waals surface area contributed by atoms with E-state index >= 15 is 0 Å². The van der Waals surface area contributed by atoms with Crippen molar-refractivity contribution in [3.63, 3.8) is 0 Å². The van der Waals surface area contributed by atoms with E-state index in [4.69, 9.17) is 14.2 Å². The molecule has 0 saturated heterocycles. The Hall–Kier alpha value is -4.43. The van der Waals surface area contributed by atoms with Crippen molar-refractivity contribution < 1.29 is 43.9 Å². The predicted molar refractivity (Wildman–Crippen MR) is 145 cm³/mol. The van der Waals surface area contributed by atoms with E-state index in [-0.39, 0.29) is 62.7 Å². The molecule has 0 aliphatic heterocycles. The second-order valence-corrected chi connectivity index (χ2v) is 7.15. The van der Waals surface area contributed by atoms with Crippen LogP contribution in [0.1, 0.15) is 31.1 Å². The predicted octanol–water partition coefficient (Wildman–Crippen LogP) is 1.46. The molecule has 0 unspecified atom stereocenters. The van der Waals surface area contributed by atoms with Crippen LogP contribution in [-0.4, -0.2) is 63.9 Å². The fourth-order valence-corrected chi connectivity index (χ4v) is 2.73. The number of hydrogen-bond donors (Lipinski definition) is 0. The van der Waals surface area contributed by atoms with E-state index in [0.29, 0.717) is 17.2 Å². The van der Waals surface area contributed by atoms with Crippen LogP contribution in [0.3, 0.4) is 0 Å². The molecular weight excluding hydrogens is 713 g/mol. The number of carboxylic acids is 3. The molecule has 0 spiro atoms. The molecule has 0 heterocycles. The number of ether oxygens (including phenoxy) is 3. The molecule has 0 aromatic heterocycles. The molecule has 0 bridgehead atoms. The molecule has 0 saturated carbocycles. The van der Waals surface area contributed by atoms with Gasteiger partial charge in [-0.05, 0) is 36.4 Å². The standard InChI is InChI=1S/3C10H10O3.Bi/c3*1-2-7-13-9-6-4-3-5-8(9)10(11)12;/h3*2-6H,1,7H2,(H,11,12);/q;;;+3/p-3. The van der Waals surface area contributed by atoms with Crippen molar-refractivity contribution in [2.75, 3.05) is 19.8 Å². The topological polar surface area (TPSA) is 148 Å². The van der Waals surface area contributed by atoms with Gasteiger partial charge >= 0.3 is 26.2 Å². The number of carbonyl (C=O) groups excluding carboxylic acids is 3. The first-order chi connectivity index (χ1) is 18.8.